The molecule has 2 aromatic carbocycles. The molecule has 0 fully saturated rings. The summed E-state index contributed by atoms with van der Waals surface area (Å²) in [7, 11) is 0. The summed E-state index contributed by atoms with van der Waals surface area (Å²) in [6, 6.07) is 12.4. The van der Waals surface area contributed by atoms with E-state index in [1.54, 1.807) is 0 Å². The maximum absolute atomic E-state index is 12.3. The Kier molecular flexibility index (Phi) is 3.79. The molecule has 2 heterocycles. The molecule has 0 aliphatic carbocycles. The number of hydrogen-bond acceptors (Lipinski definition) is 4. The number of benzene rings is 2. The van der Waals surface area contributed by atoms with Crippen LogP contribution in [0.2, 0.25) is 0 Å². The molecule has 0 unspecified atom stereocenters. The fraction of sp³-hybridized carbons (Fsp3) is 0.111. The van der Waals surface area contributed by atoms with Crippen LogP contribution in [0.15, 0.2) is 54.3 Å². The van der Waals surface area contributed by atoms with Gasteiger partial charge in [-0.3, -0.25) is 5.41 Å². The van der Waals surface area contributed by atoms with Gasteiger partial charge in [-0.1, -0.05) is 12.1 Å². The molecule has 6 nitrogen and oxygen atoms in total. The molecule has 0 radical (unpaired) electrons. The summed E-state index contributed by atoms with van der Waals surface area (Å²) in [6.45, 7) is 0.0185. The molecular formula is C18H13F3N4O2. The quantitative estimate of drug-likeness (QED) is 0.641. The third-order valence-electron chi connectivity index (χ3n) is 4.11. The summed E-state index contributed by atoms with van der Waals surface area (Å²) in [5.74, 6) is -0.0457. The first-order valence-corrected chi connectivity index (χ1v) is 7.91. The Bertz CT molecular complexity index is 1020. The van der Waals surface area contributed by atoms with Crippen molar-refractivity contribution in [2.45, 2.75) is 6.36 Å². The number of fused-ring (bicyclic) bond motifs is 1. The van der Waals surface area contributed by atoms with Crippen molar-refractivity contribution in [1.29, 1.82) is 5.41 Å². The van der Waals surface area contributed by atoms with Gasteiger partial charge in [-0.2, -0.15) is 0 Å². The monoisotopic (exact) mass is 374 g/mol. The van der Waals surface area contributed by atoms with Gasteiger partial charge in [0.1, 0.15) is 23.2 Å². The lowest BCUT2D eigenvalue weighted by atomic mass is 10.2. The highest BCUT2D eigenvalue weighted by atomic mass is 19.4. The molecule has 3 aromatic rings. The van der Waals surface area contributed by atoms with E-state index in [0.717, 1.165) is 17.6 Å². The summed E-state index contributed by atoms with van der Waals surface area (Å²) in [6.07, 6.45) is -4.77. The molecule has 1 aliphatic heterocycles. The van der Waals surface area contributed by atoms with Gasteiger partial charge in [-0.05, 0) is 36.4 Å². The molecule has 0 saturated heterocycles. The van der Waals surface area contributed by atoms with Crippen LogP contribution in [0.25, 0.3) is 16.6 Å². The lowest BCUT2D eigenvalue weighted by Crippen LogP contribution is -2.26. The van der Waals surface area contributed by atoms with E-state index in [-0.39, 0.29) is 29.5 Å². The molecular weight excluding hydrogens is 361 g/mol. The first kappa shape index (κ1) is 17.0. The maximum Gasteiger partial charge on any atom is 0.573 e. The van der Waals surface area contributed by atoms with Crippen molar-refractivity contribution in [2.24, 2.45) is 0 Å². The van der Waals surface area contributed by atoms with Gasteiger partial charge in [0.15, 0.2) is 0 Å². The Balaban J connectivity index is 1.60. The number of halogens is 3. The lowest BCUT2D eigenvalue weighted by molar-refractivity contribution is -0.274. The average molecular weight is 374 g/mol. The third kappa shape index (κ3) is 3.19. The number of alkyl halides is 3. The number of amidine groups is 1. The van der Waals surface area contributed by atoms with E-state index in [4.69, 9.17) is 5.41 Å². The number of anilines is 1. The van der Waals surface area contributed by atoms with Crippen molar-refractivity contribution >= 4 is 28.1 Å². The van der Waals surface area contributed by atoms with E-state index < -0.39 is 6.36 Å². The topological polar surface area (TPSA) is 85.2 Å². The summed E-state index contributed by atoms with van der Waals surface area (Å²) >= 11 is 0. The Morgan fingerprint density at radius 1 is 1.11 bits per heavy atom. The van der Waals surface area contributed by atoms with Crippen LogP contribution in [0, 0.1) is 5.41 Å². The third-order valence-corrected chi connectivity index (χ3v) is 4.11. The Morgan fingerprint density at radius 2 is 1.81 bits per heavy atom. The second-order valence-corrected chi connectivity index (χ2v) is 5.90. The van der Waals surface area contributed by atoms with Crippen LogP contribution in [-0.2, 0) is 0 Å². The molecule has 3 N–H and O–H groups in total. The van der Waals surface area contributed by atoms with Crippen LogP contribution < -0.4 is 9.64 Å². The van der Waals surface area contributed by atoms with Crippen LogP contribution in [0.1, 0.15) is 5.82 Å². The van der Waals surface area contributed by atoms with E-state index in [0.29, 0.717) is 17.0 Å². The summed E-state index contributed by atoms with van der Waals surface area (Å²) in [5.41, 5.74) is 2.18. The molecule has 0 atom stereocenters. The predicted molar refractivity (Wildman–Crippen MR) is 93.8 cm³/mol. The zero-order chi connectivity index (χ0) is 19.2. The number of para-hydroxylation sites is 2. The number of imidazole rings is 1. The Morgan fingerprint density at radius 3 is 2.48 bits per heavy atom. The maximum atomic E-state index is 12.3. The van der Waals surface area contributed by atoms with Gasteiger partial charge in [0.2, 0.25) is 0 Å². The van der Waals surface area contributed by atoms with E-state index in [1.165, 1.54) is 17.0 Å². The molecule has 138 valence electrons. The Labute approximate surface area is 151 Å². The van der Waals surface area contributed by atoms with Crippen LogP contribution in [0.3, 0.4) is 0 Å². The number of aliphatic hydroxyl groups excluding tert-OH is 1. The standard InChI is InChI=1S/C18H13F3N4O2/c19-18(20,21)27-11-7-5-10(6-8-11)25-9-14(26)15(16(25)22)17-23-12-3-1-2-4-13(12)24-17/h1-8,22,26H,9H2,(H,23,24). The second kappa shape index (κ2) is 6.04. The number of ether oxygens (including phenoxy) is 1. The fourth-order valence-electron chi connectivity index (χ4n) is 2.95. The summed E-state index contributed by atoms with van der Waals surface area (Å²) in [4.78, 5) is 8.92. The molecule has 0 bridgehead atoms. The van der Waals surface area contributed by atoms with Crippen LogP contribution >= 0.6 is 0 Å². The van der Waals surface area contributed by atoms with Crippen LogP contribution in [-0.4, -0.2) is 33.8 Å². The van der Waals surface area contributed by atoms with Gasteiger partial charge >= 0.3 is 6.36 Å². The molecule has 9 heteroatoms. The van der Waals surface area contributed by atoms with E-state index in [9.17, 15) is 18.3 Å². The van der Waals surface area contributed by atoms with E-state index in [2.05, 4.69) is 14.7 Å². The van der Waals surface area contributed by atoms with Gasteiger partial charge in [0.25, 0.3) is 0 Å². The molecule has 1 aromatic heterocycles. The highest BCUT2D eigenvalue weighted by molar-refractivity contribution is 6.30. The minimum absolute atomic E-state index is 0.00366. The zero-order valence-corrected chi connectivity index (χ0v) is 13.7. The fourth-order valence-corrected chi connectivity index (χ4v) is 2.95. The first-order valence-electron chi connectivity index (χ1n) is 7.91. The number of hydrogen-bond donors (Lipinski definition) is 3. The van der Waals surface area contributed by atoms with Crippen LogP contribution in [0.5, 0.6) is 5.75 Å². The van der Waals surface area contributed by atoms with Gasteiger partial charge in [0.05, 0.1) is 23.2 Å². The SMILES string of the molecule is N=C1C(c2nc3ccccc3[nH]2)=C(O)CN1c1ccc(OC(F)(F)F)cc1. The number of rotatable bonds is 3. The Hall–Kier alpha value is -3.49. The normalized spacial score (nSPS) is 15.1. The van der Waals surface area contributed by atoms with E-state index in [1.807, 2.05) is 24.3 Å². The number of aromatic amines is 1. The highest BCUT2D eigenvalue weighted by Crippen LogP contribution is 2.32. The van der Waals surface area contributed by atoms with Gasteiger partial charge < -0.3 is 19.7 Å². The molecule has 0 saturated carbocycles. The van der Waals surface area contributed by atoms with Crippen molar-refractivity contribution in [3.63, 3.8) is 0 Å². The van der Waals surface area contributed by atoms with Gasteiger partial charge in [-0.15, -0.1) is 13.2 Å². The molecule has 27 heavy (non-hydrogen) atoms. The molecule has 1 aliphatic rings. The molecule has 0 amide bonds. The lowest BCUT2D eigenvalue weighted by Gasteiger charge is -2.19. The second-order valence-electron chi connectivity index (χ2n) is 5.90. The summed E-state index contributed by atoms with van der Waals surface area (Å²) < 4.78 is 40.6. The molecule has 0 spiro atoms. The number of H-pyrrole nitrogens is 1. The van der Waals surface area contributed by atoms with Crippen molar-refractivity contribution < 1.29 is 23.0 Å². The van der Waals surface area contributed by atoms with Crippen molar-refractivity contribution in [2.75, 3.05) is 11.4 Å². The average Bonchev–Trinajstić information content (AvgIpc) is 3.14. The number of nitrogens with one attached hydrogen (secondary N) is 2. The minimum Gasteiger partial charge on any atom is -0.509 e. The van der Waals surface area contributed by atoms with Crippen molar-refractivity contribution in [3.05, 3.63) is 60.1 Å². The number of aliphatic hydroxyl groups is 1. The van der Waals surface area contributed by atoms with E-state index >= 15 is 0 Å². The highest BCUT2D eigenvalue weighted by Gasteiger charge is 2.33. The summed E-state index contributed by atoms with van der Waals surface area (Å²) in [5, 5.41) is 18.7. The van der Waals surface area contributed by atoms with Gasteiger partial charge in [-0.25, -0.2) is 4.98 Å². The van der Waals surface area contributed by atoms with Crippen molar-refractivity contribution in [1.82, 2.24) is 9.97 Å². The van der Waals surface area contributed by atoms with Crippen LogP contribution in [0.4, 0.5) is 18.9 Å². The predicted octanol–water partition coefficient (Wildman–Crippen LogP) is 4.23. The van der Waals surface area contributed by atoms with Gasteiger partial charge in [0, 0.05) is 5.69 Å². The zero-order valence-electron chi connectivity index (χ0n) is 13.7. The molecule has 4 rings (SSSR count). The van der Waals surface area contributed by atoms with Crippen molar-refractivity contribution in [3.8, 4) is 5.75 Å². The number of aromatic nitrogens is 2. The number of nitrogens with zero attached hydrogens (tertiary/aromatic N) is 2. The minimum atomic E-state index is -4.77. The first-order chi connectivity index (χ1) is 12.8. The smallest absolute Gasteiger partial charge is 0.509 e. The largest absolute Gasteiger partial charge is 0.573 e.